The molecule has 21 heavy (non-hydrogen) atoms. The summed E-state index contributed by atoms with van der Waals surface area (Å²) in [7, 11) is -10.1. The van der Waals surface area contributed by atoms with Gasteiger partial charge >= 0.3 is 19.3 Å². The fraction of sp³-hybridized carbons (Fsp3) is 0. The van der Waals surface area contributed by atoms with Crippen molar-refractivity contribution in [1.29, 1.82) is 0 Å². The molecular weight excluding hydrogens is 315 g/mol. The number of hydrogen-bond donors (Lipinski definition) is 1. The first-order chi connectivity index (χ1) is 9.57. The molecule has 0 atom stereocenters. The molecule has 0 aliphatic rings. The van der Waals surface area contributed by atoms with E-state index in [9.17, 15) is 25.7 Å². The predicted molar refractivity (Wildman–Crippen MR) is 68.6 cm³/mol. The van der Waals surface area contributed by atoms with Crippen LogP contribution in [0.3, 0.4) is 0 Å². The largest absolute Gasteiger partial charge is 0.673 e. The zero-order valence-electron chi connectivity index (χ0n) is 10.3. The summed E-state index contributed by atoms with van der Waals surface area (Å²) in [4.78, 5) is -0.132. The second-order valence-electron chi connectivity index (χ2n) is 3.66. The minimum absolute atomic E-state index is 0.132. The number of rotatable bonds is 2. The molecular formula is C11H9BF4O4S. The maximum absolute atomic E-state index is 10.8. The average Bonchev–Trinajstić information content (AvgIpc) is 2.37. The highest BCUT2D eigenvalue weighted by molar-refractivity contribution is 7.85. The zero-order chi connectivity index (χ0) is 16.1. The molecule has 0 aliphatic carbocycles. The highest BCUT2D eigenvalue weighted by Gasteiger charge is 2.20. The Kier molecular flexibility index (Phi) is 5.44. The van der Waals surface area contributed by atoms with E-state index in [0.717, 1.165) is 5.56 Å². The van der Waals surface area contributed by atoms with Gasteiger partial charge in [-0.1, -0.05) is 0 Å². The number of hydrogen-bond acceptors (Lipinski definition) is 2. The molecule has 0 saturated carbocycles. The molecule has 2 rings (SSSR count). The molecule has 0 amide bonds. The molecule has 0 spiro atoms. The number of benzene rings is 1. The highest BCUT2D eigenvalue weighted by atomic mass is 32.2. The van der Waals surface area contributed by atoms with Gasteiger partial charge in [0.05, 0.1) is 10.5 Å². The van der Waals surface area contributed by atoms with Crippen LogP contribution in [0.25, 0.3) is 11.3 Å². The molecule has 10 heteroatoms. The summed E-state index contributed by atoms with van der Waals surface area (Å²) in [6, 6.07) is 11.1. The summed E-state index contributed by atoms with van der Waals surface area (Å²) in [5, 5.41) is 0. The minimum atomic E-state index is -6.00. The van der Waals surface area contributed by atoms with Crippen LogP contribution < -0.4 is 0 Å². The molecule has 1 heterocycles. The third-order valence-electron chi connectivity index (χ3n) is 2.07. The highest BCUT2D eigenvalue weighted by Crippen LogP contribution is 2.20. The van der Waals surface area contributed by atoms with Crippen molar-refractivity contribution < 1.29 is 34.7 Å². The number of halogens is 4. The summed E-state index contributed by atoms with van der Waals surface area (Å²) in [6.07, 6.45) is 1.53. The van der Waals surface area contributed by atoms with Crippen molar-refractivity contribution in [2.45, 2.75) is 4.90 Å². The van der Waals surface area contributed by atoms with E-state index in [-0.39, 0.29) is 4.90 Å². The van der Waals surface area contributed by atoms with Crippen LogP contribution in [0, 0.1) is 0 Å². The zero-order valence-corrected chi connectivity index (χ0v) is 11.1. The third kappa shape index (κ3) is 6.86. The Hall–Kier alpha value is -1.94. The van der Waals surface area contributed by atoms with Crippen molar-refractivity contribution in [3.05, 3.63) is 48.7 Å². The fourth-order valence-electron chi connectivity index (χ4n) is 1.30. The lowest BCUT2D eigenvalue weighted by Crippen LogP contribution is -2.02. The molecule has 114 valence electrons. The van der Waals surface area contributed by atoms with Crippen molar-refractivity contribution in [3.8, 4) is 11.3 Å². The first-order valence-electron chi connectivity index (χ1n) is 5.39. The van der Waals surface area contributed by atoms with Crippen molar-refractivity contribution in [1.82, 2.24) is 0 Å². The van der Waals surface area contributed by atoms with Crippen LogP contribution in [0.15, 0.2) is 58.0 Å². The van der Waals surface area contributed by atoms with Crippen molar-refractivity contribution in [2.24, 2.45) is 0 Å². The van der Waals surface area contributed by atoms with Crippen LogP contribution >= 0.6 is 0 Å². The molecule has 0 aliphatic heterocycles. The van der Waals surface area contributed by atoms with Gasteiger partial charge in [-0.15, -0.1) is 0 Å². The van der Waals surface area contributed by atoms with Crippen LogP contribution in [-0.2, 0) is 10.1 Å². The van der Waals surface area contributed by atoms with Gasteiger partial charge in [0.1, 0.15) is 0 Å². The summed E-state index contributed by atoms with van der Waals surface area (Å²) < 4.78 is 74.7. The first-order valence-corrected chi connectivity index (χ1v) is 6.83. The Labute approximate surface area is 117 Å². The molecule has 0 bridgehead atoms. The van der Waals surface area contributed by atoms with Crippen LogP contribution in [0.2, 0.25) is 0 Å². The predicted octanol–water partition coefficient (Wildman–Crippen LogP) is 3.77. The molecule has 0 fully saturated rings. The van der Waals surface area contributed by atoms with Gasteiger partial charge in [-0.2, -0.15) is 8.42 Å². The minimum Gasteiger partial charge on any atom is -0.418 e. The van der Waals surface area contributed by atoms with E-state index in [4.69, 9.17) is 8.97 Å². The van der Waals surface area contributed by atoms with Gasteiger partial charge in [-0.3, -0.25) is 4.55 Å². The van der Waals surface area contributed by atoms with Crippen LogP contribution in [0.1, 0.15) is 0 Å². The van der Waals surface area contributed by atoms with Crippen molar-refractivity contribution >= 4 is 17.4 Å². The molecule has 0 unspecified atom stereocenters. The van der Waals surface area contributed by atoms with Gasteiger partial charge < -0.3 is 17.3 Å². The smallest absolute Gasteiger partial charge is 0.418 e. The van der Waals surface area contributed by atoms with E-state index in [2.05, 4.69) is 0 Å². The van der Waals surface area contributed by atoms with E-state index in [1.165, 1.54) is 18.4 Å². The second kappa shape index (κ2) is 6.68. The summed E-state index contributed by atoms with van der Waals surface area (Å²) >= 11 is 0. The Morgan fingerprint density at radius 2 is 1.48 bits per heavy atom. The quantitative estimate of drug-likeness (QED) is 0.395. The third-order valence-corrected chi connectivity index (χ3v) is 2.94. The van der Waals surface area contributed by atoms with Gasteiger partial charge in [0, 0.05) is 12.1 Å². The van der Waals surface area contributed by atoms with Crippen molar-refractivity contribution in [2.75, 3.05) is 0 Å². The second-order valence-corrected chi connectivity index (χ2v) is 5.09. The Morgan fingerprint density at radius 1 is 0.952 bits per heavy atom. The summed E-state index contributed by atoms with van der Waals surface area (Å²) in [5.41, 5.74) is 0.744. The van der Waals surface area contributed by atoms with Gasteiger partial charge in [0.25, 0.3) is 10.1 Å². The maximum atomic E-state index is 10.8. The Morgan fingerprint density at radius 3 is 1.86 bits per heavy atom. The van der Waals surface area contributed by atoms with Gasteiger partial charge in [-0.05, 0) is 30.3 Å². The lowest BCUT2D eigenvalue weighted by atomic mass is 10.2. The van der Waals surface area contributed by atoms with Gasteiger partial charge in [0.15, 0.2) is 0 Å². The monoisotopic (exact) mass is 324 g/mol. The van der Waals surface area contributed by atoms with Crippen molar-refractivity contribution in [3.63, 3.8) is 0 Å². The molecule has 0 saturated heterocycles. The van der Waals surface area contributed by atoms with E-state index in [1.807, 2.05) is 6.07 Å². The first kappa shape index (κ1) is 17.1. The Balaban J connectivity index is 0.000000383. The summed E-state index contributed by atoms with van der Waals surface area (Å²) in [5.74, 6) is 0.629. The van der Waals surface area contributed by atoms with Crippen LogP contribution in [0.4, 0.5) is 17.3 Å². The maximum Gasteiger partial charge on any atom is 0.673 e. The molecule has 1 aromatic heterocycles. The van der Waals surface area contributed by atoms with E-state index in [1.54, 1.807) is 24.3 Å². The van der Waals surface area contributed by atoms with Crippen LogP contribution in [0.5, 0.6) is 0 Å². The topological polar surface area (TPSA) is 65.7 Å². The normalized spacial score (nSPS) is 11.5. The lowest BCUT2D eigenvalue weighted by molar-refractivity contribution is 0.368. The molecule has 1 N–H and O–H groups in total. The summed E-state index contributed by atoms with van der Waals surface area (Å²) in [6.45, 7) is 0. The van der Waals surface area contributed by atoms with E-state index in [0.29, 0.717) is 5.76 Å². The van der Waals surface area contributed by atoms with Gasteiger partial charge in [0.2, 0.25) is 0 Å². The lowest BCUT2D eigenvalue weighted by Gasteiger charge is -1.96. The Bertz CT molecular complexity index is 666. The molecule has 4 nitrogen and oxygen atoms in total. The van der Waals surface area contributed by atoms with Gasteiger partial charge in [-0.25, -0.2) is 4.42 Å². The fourth-order valence-corrected chi connectivity index (χ4v) is 1.78. The molecule has 1 aromatic carbocycles. The molecule has 0 radical (unpaired) electrons. The van der Waals surface area contributed by atoms with E-state index < -0.39 is 17.4 Å². The SMILES string of the molecule is F[B-](F)(F)F.O=S(=O)(O)c1ccc(-c2cccc[o+]2)cc1. The molecule has 2 aromatic rings. The standard InChI is InChI=1S/C11H8O4S.BF4/c12-16(13,14)10-6-4-9(5-7-10)11-3-1-2-8-15-11;2-1(3,4)5/h1-8H;/q;-1/p+1. The van der Waals surface area contributed by atoms with E-state index >= 15 is 0 Å². The van der Waals surface area contributed by atoms with Crippen LogP contribution in [-0.4, -0.2) is 20.2 Å². The average molecular weight is 324 g/mol.